The topological polar surface area (TPSA) is 30.7 Å². The third-order valence-corrected chi connectivity index (χ3v) is 11.6. The highest BCUT2D eigenvalue weighted by Gasteiger charge is 2.21. The average Bonchev–Trinajstić information content (AvgIpc) is 3.79. The zero-order valence-electron chi connectivity index (χ0n) is 30.7. The van der Waals surface area contributed by atoms with Crippen LogP contribution in [0, 0.1) is 0 Å². The van der Waals surface area contributed by atoms with Gasteiger partial charge in [0.15, 0.2) is 0 Å². The molecule has 0 saturated carbocycles. The molecule has 0 aliphatic carbocycles. The number of thiophene rings is 1. The molecule has 262 valence electrons. The number of para-hydroxylation sites is 2. The summed E-state index contributed by atoms with van der Waals surface area (Å²) in [4.78, 5) is 10.7. The van der Waals surface area contributed by atoms with Gasteiger partial charge in [0.25, 0.3) is 0 Å². The molecular weight excluding hydrogens is 687 g/mol. The minimum atomic E-state index is 0.659. The Morgan fingerprint density at radius 3 is 1.89 bits per heavy atom. The summed E-state index contributed by atoms with van der Waals surface area (Å²) in [6.45, 7) is 4.25. The molecule has 0 saturated heterocycles. The van der Waals surface area contributed by atoms with Crippen molar-refractivity contribution >= 4 is 75.0 Å². The Morgan fingerprint density at radius 1 is 0.473 bits per heavy atom. The summed E-state index contributed by atoms with van der Waals surface area (Å²) >= 11 is 1.87. The Kier molecular flexibility index (Phi) is 8.19. The van der Waals surface area contributed by atoms with E-state index >= 15 is 0 Å². The van der Waals surface area contributed by atoms with Gasteiger partial charge in [-0.3, -0.25) is 4.57 Å². The normalized spacial score (nSPS) is 11.5. The van der Waals surface area contributed by atoms with E-state index in [2.05, 4.69) is 188 Å². The highest BCUT2D eigenvalue weighted by molar-refractivity contribution is 7.26. The van der Waals surface area contributed by atoms with Gasteiger partial charge in [-0.15, -0.1) is 11.3 Å². The first kappa shape index (κ1) is 33.0. The van der Waals surface area contributed by atoms with Gasteiger partial charge >= 0.3 is 0 Å². The first-order chi connectivity index (χ1) is 27.2. The fraction of sp³-hybridized carbons (Fsp3) is 0.0588. The number of benzene rings is 8. The summed E-state index contributed by atoms with van der Waals surface area (Å²) in [5, 5.41) is 8.40. The van der Waals surface area contributed by atoms with Crippen molar-refractivity contribution in [2.45, 2.75) is 20.3 Å². The Morgan fingerprint density at radius 2 is 1.07 bits per heavy atom. The molecule has 0 N–H and O–H groups in total. The third-order valence-electron chi connectivity index (χ3n) is 10.4. The second-order valence-corrected chi connectivity index (χ2v) is 15.1. The van der Waals surface area contributed by atoms with Crippen LogP contribution in [0.4, 0.5) is 0 Å². The molecule has 0 atom stereocenters. The van der Waals surface area contributed by atoms with Gasteiger partial charge in [0.1, 0.15) is 0 Å². The van der Waals surface area contributed by atoms with Gasteiger partial charge in [0.2, 0.25) is 5.95 Å². The van der Waals surface area contributed by atoms with Crippen molar-refractivity contribution < 1.29 is 0 Å². The molecule has 4 heteroatoms. The maximum atomic E-state index is 5.40. The van der Waals surface area contributed by atoms with Crippen molar-refractivity contribution in [3.05, 3.63) is 176 Å². The Bertz CT molecular complexity index is 3210. The summed E-state index contributed by atoms with van der Waals surface area (Å²) in [5.41, 5.74) is 9.84. The van der Waals surface area contributed by atoms with E-state index in [0.29, 0.717) is 5.95 Å². The molecule has 55 heavy (non-hydrogen) atoms. The van der Waals surface area contributed by atoms with E-state index < -0.39 is 0 Å². The number of hydrogen-bond donors (Lipinski definition) is 0. The van der Waals surface area contributed by atoms with E-state index in [9.17, 15) is 0 Å². The molecule has 11 aromatic rings. The molecule has 3 heterocycles. The predicted molar refractivity (Wildman–Crippen MR) is 237 cm³/mol. The summed E-state index contributed by atoms with van der Waals surface area (Å²) < 4.78 is 4.93. The van der Waals surface area contributed by atoms with Crippen molar-refractivity contribution in [3.8, 4) is 39.5 Å². The zero-order chi connectivity index (χ0) is 36.9. The monoisotopic (exact) mass is 723 g/mol. The van der Waals surface area contributed by atoms with Gasteiger partial charge in [-0.25, -0.2) is 9.97 Å². The largest absolute Gasteiger partial charge is 0.277 e. The van der Waals surface area contributed by atoms with E-state index in [-0.39, 0.29) is 0 Å². The zero-order valence-corrected chi connectivity index (χ0v) is 31.5. The van der Waals surface area contributed by atoms with Crippen LogP contribution in [0.5, 0.6) is 0 Å². The van der Waals surface area contributed by atoms with E-state index in [1.165, 1.54) is 59.3 Å². The molecule has 11 rings (SSSR count). The Balaban J connectivity index is 0.00000120. The molecule has 0 amide bonds. The van der Waals surface area contributed by atoms with E-state index in [1.54, 1.807) is 0 Å². The quantitative estimate of drug-likeness (QED) is 0.181. The Labute approximate surface area is 323 Å². The van der Waals surface area contributed by atoms with Crippen LogP contribution in [0.1, 0.15) is 20.3 Å². The second-order valence-electron chi connectivity index (χ2n) is 14.1. The van der Waals surface area contributed by atoms with Gasteiger partial charge in [-0.2, -0.15) is 0 Å². The fourth-order valence-corrected chi connectivity index (χ4v) is 9.24. The lowest BCUT2D eigenvalue weighted by Gasteiger charge is -2.14. The van der Waals surface area contributed by atoms with Crippen LogP contribution in [0.2, 0.25) is 0 Å². The maximum absolute atomic E-state index is 5.40. The third kappa shape index (κ3) is 5.57. The second kappa shape index (κ2) is 13.7. The van der Waals surface area contributed by atoms with Crippen molar-refractivity contribution in [1.82, 2.24) is 14.5 Å². The standard InChI is InChI=1S/C48H29N3S.C3H8/c1-2-13-30(14-3-1)45-40-20-6-8-25-42(40)49-48(50-45)51-43-29-32-16-5-4-15-31(32)28-41(43)38-23-11-21-35(46(38)51)33-17-10-18-34(27-33)36-22-12-24-39-37-19-7-9-26-44(37)52-47(36)39;1-3-2/h1-29H;3H2,1-2H3. The Hall–Kier alpha value is -6.62. The summed E-state index contributed by atoms with van der Waals surface area (Å²) in [6, 6.07) is 63.1. The molecule has 0 aliphatic heterocycles. The number of hydrogen-bond acceptors (Lipinski definition) is 3. The number of aromatic nitrogens is 3. The van der Waals surface area contributed by atoms with Crippen LogP contribution in [0.25, 0.3) is 103 Å². The van der Waals surface area contributed by atoms with Gasteiger partial charge in [0.05, 0.1) is 22.2 Å². The van der Waals surface area contributed by atoms with Gasteiger partial charge in [0, 0.05) is 47.5 Å². The number of nitrogens with zero attached hydrogens (tertiary/aromatic N) is 3. The smallest absolute Gasteiger partial charge is 0.235 e. The molecule has 0 fully saturated rings. The first-order valence-electron chi connectivity index (χ1n) is 19.0. The van der Waals surface area contributed by atoms with Crippen molar-refractivity contribution in [1.29, 1.82) is 0 Å². The molecule has 0 bridgehead atoms. The van der Waals surface area contributed by atoms with Crippen LogP contribution < -0.4 is 0 Å². The highest BCUT2D eigenvalue weighted by atomic mass is 32.1. The van der Waals surface area contributed by atoms with E-state index in [1.807, 2.05) is 17.4 Å². The molecule has 0 aliphatic rings. The van der Waals surface area contributed by atoms with Crippen molar-refractivity contribution in [3.63, 3.8) is 0 Å². The van der Waals surface area contributed by atoms with Crippen LogP contribution in [0.3, 0.4) is 0 Å². The number of fused-ring (bicyclic) bond motifs is 8. The maximum Gasteiger partial charge on any atom is 0.235 e. The summed E-state index contributed by atoms with van der Waals surface area (Å²) in [7, 11) is 0. The molecule has 0 spiro atoms. The predicted octanol–water partition coefficient (Wildman–Crippen LogP) is 14.7. The van der Waals surface area contributed by atoms with Crippen LogP contribution in [-0.4, -0.2) is 14.5 Å². The molecule has 0 unspecified atom stereocenters. The average molecular weight is 724 g/mol. The van der Waals surface area contributed by atoms with E-state index in [4.69, 9.17) is 9.97 Å². The molecular formula is C51H37N3S. The van der Waals surface area contributed by atoms with Crippen molar-refractivity contribution in [2.75, 3.05) is 0 Å². The van der Waals surface area contributed by atoms with E-state index in [0.717, 1.165) is 44.3 Å². The van der Waals surface area contributed by atoms with Crippen LogP contribution >= 0.6 is 11.3 Å². The lowest BCUT2D eigenvalue weighted by atomic mass is 9.96. The molecule has 0 radical (unpaired) electrons. The lowest BCUT2D eigenvalue weighted by Crippen LogP contribution is -2.04. The van der Waals surface area contributed by atoms with Gasteiger partial charge in [-0.1, -0.05) is 166 Å². The molecule has 3 aromatic heterocycles. The van der Waals surface area contributed by atoms with Crippen LogP contribution in [0.15, 0.2) is 176 Å². The van der Waals surface area contributed by atoms with Crippen LogP contribution in [-0.2, 0) is 0 Å². The lowest BCUT2D eigenvalue weighted by molar-refractivity contribution is 1.01. The number of rotatable bonds is 4. The SMILES string of the molecule is CCC.c1ccc(-c2nc(-n3c4cc5ccccc5cc4c4cccc(-c5cccc(-c6cccc7c6sc6ccccc67)c5)c43)nc3ccccc23)cc1. The minimum absolute atomic E-state index is 0.659. The summed E-state index contributed by atoms with van der Waals surface area (Å²) in [6.07, 6.45) is 1.25. The van der Waals surface area contributed by atoms with Gasteiger partial charge < -0.3 is 0 Å². The fourth-order valence-electron chi connectivity index (χ4n) is 8.00. The molecule has 8 aromatic carbocycles. The first-order valence-corrected chi connectivity index (χ1v) is 19.8. The minimum Gasteiger partial charge on any atom is -0.277 e. The summed E-state index contributed by atoms with van der Waals surface area (Å²) in [5.74, 6) is 0.659. The molecule has 3 nitrogen and oxygen atoms in total. The van der Waals surface area contributed by atoms with Gasteiger partial charge in [-0.05, 0) is 57.8 Å². The highest BCUT2D eigenvalue weighted by Crippen LogP contribution is 2.43. The van der Waals surface area contributed by atoms with Crippen molar-refractivity contribution in [2.24, 2.45) is 0 Å².